The number of methoxy groups -OCH3 is 1. The van der Waals surface area contributed by atoms with Crippen LogP contribution >= 0.6 is 0 Å². The largest absolute Gasteiger partial charge is 0.496 e. The van der Waals surface area contributed by atoms with E-state index in [9.17, 15) is 14.4 Å². The Kier molecular flexibility index (Phi) is 5.57. The van der Waals surface area contributed by atoms with Crippen molar-refractivity contribution in [2.45, 2.75) is 37.7 Å². The van der Waals surface area contributed by atoms with Crippen LogP contribution in [-0.4, -0.2) is 48.2 Å². The number of likely N-dealkylation sites (tertiary alicyclic amines) is 1. The fourth-order valence-electron chi connectivity index (χ4n) is 4.27. The van der Waals surface area contributed by atoms with Gasteiger partial charge >= 0.3 is 0 Å². The van der Waals surface area contributed by atoms with E-state index in [1.165, 1.54) is 7.11 Å². The Balaban J connectivity index is 1.33. The number of Topliss-reactive ketones (excluding diaryl/α,β-unsaturated/α-hetero) is 2. The predicted molar refractivity (Wildman–Crippen MR) is 111 cm³/mol. The molecule has 2 aromatic carbocycles. The molecule has 2 aliphatic heterocycles. The molecule has 6 heteroatoms. The molecule has 4 rings (SSSR count). The van der Waals surface area contributed by atoms with Crippen molar-refractivity contribution in [1.82, 2.24) is 4.90 Å². The van der Waals surface area contributed by atoms with Gasteiger partial charge in [0.2, 0.25) is 5.91 Å². The summed E-state index contributed by atoms with van der Waals surface area (Å²) in [6.07, 6.45) is 1.87. The normalized spacial score (nSPS) is 17.2. The van der Waals surface area contributed by atoms with E-state index in [4.69, 9.17) is 9.47 Å². The summed E-state index contributed by atoms with van der Waals surface area (Å²) in [5.74, 6) is 1.10. The van der Waals surface area contributed by atoms with Gasteiger partial charge in [0.1, 0.15) is 17.1 Å². The summed E-state index contributed by atoms with van der Waals surface area (Å²) < 4.78 is 11.4. The average molecular weight is 407 g/mol. The van der Waals surface area contributed by atoms with Crippen LogP contribution in [0.5, 0.6) is 11.5 Å². The second-order valence-corrected chi connectivity index (χ2v) is 7.89. The Bertz CT molecular complexity index is 975. The maximum atomic E-state index is 12.7. The van der Waals surface area contributed by atoms with E-state index in [2.05, 4.69) is 0 Å². The van der Waals surface area contributed by atoms with Crippen LogP contribution in [0.4, 0.5) is 0 Å². The highest BCUT2D eigenvalue weighted by molar-refractivity contribution is 6.01. The zero-order valence-corrected chi connectivity index (χ0v) is 17.1. The first kappa shape index (κ1) is 20.1. The third-order valence-corrected chi connectivity index (χ3v) is 6.00. The van der Waals surface area contributed by atoms with Crippen molar-refractivity contribution in [2.75, 3.05) is 20.2 Å². The molecule has 0 aromatic heterocycles. The molecule has 6 nitrogen and oxygen atoms in total. The number of amides is 1. The SMILES string of the molecule is COc1ccccc1C(=O)CCC(=O)N1CCC2(CC1)CC(=O)c1ccccc1O2. The first-order chi connectivity index (χ1) is 14.5. The fourth-order valence-corrected chi connectivity index (χ4v) is 4.27. The number of fused-ring (bicyclic) bond motifs is 1. The molecule has 0 unspecified atom stereocenters. The molecule has 156 valence electrons. The van der Waals surface area contributed by atoms with Crippen LogP contribution in [0.3, 0.4) is 0 Å². The lowest BCUT2D eigenvalue weighted by Crippen LogP contribution is -2.52. The third-order valence-electron chi connectivity index (χ3n) is 6.00. The van der Waals surface area contributed by atoms with E-state index in [1.807, 2.05) is 18.2 Å². The Morgan fingerprint density at radius 2 is 1.73 bits per heavy atom. The first-order valence-electron chi connectivity index (χ1n) is 10.3. The number of para-hydroxylation sites is 2. The lowest BCUT2D eigenvalue weighted by molar-refractivity contribution is -0.134. The molecule has 30 heavy (non-hydrogen) atoms. The van der Waals surface area contributed by atoms with Gasteiger partial charge in [0.15, 0.2) is 11.6 Å². The van der Waals surface area contributed by atoms with E-state index in [-0.39, 0.29) is 30.3 Å². The van der Waals surface area contributed by atoms with Crippen LogP contribution in [0.2, 0.25) is 0 Å². The van der Waals surface area contributed by atoms with Crippen LogP contribution in [0, 0.1) is 0 Å². The molecular weight excluding hydrogens is 382 g/mol. The van der Waals surface area contributed by atoms with Crippen molar-refractivity contribution < 1.29 is 23.9 Å². The topological polar surface area (TPSA) is 72.9 Å². The van der Waals surface area contributed by atoms with Gasteiger partial charge in [0.25, 0.3) is 0 Å². The van der Waals surface area contributed by atoms with Crippen molar-refractivity contribution in [2.24, 2.45) is 0 Å². The van der Waals surface area contributed by atoms with Crippen LogP contribution in [0.15, 0.2) is 48.5 Å². The van der Waals surface area contributed by atoms with Gasteiger partial charge in [0.05, 0.1) is 24.7 Å². The van der Waals surface area contributed by atoms with E-state index < -0.39 is 5.60 Å². The zero-order valence-electron chi connectivity index (χ0n) is 17.1. The number of carbonyl (C=O) groups is 3. The van der Waals surface area contributed by atoms with Gasteiger partial charge in [0, 0.05) is 38.8 Å². The summed E-state index contributed by atoms with van der Waals surface area (Å²) in [6, 6.07) is 14.4. The summed E-state index contributed by atoms with van der Waals surface area (Å²) >= 11 is 0. The number of ketones is 2. The molecular formula is C24H25NO5. The Hall–Kier alpha value is -3.15. The molecule has 0 bridgehead atoms. The Morgan fingerprint density at radius 1 is 1.03 bits per heavy atom. The van der Waals surface area contributed by atoms with Gasteiger partial charge in [-0.2, -0.15) is 0 Å². The lowest BCUT2D eigenvalue weighted by Gasteiger charge is -2.44. The number of ether oxygens (including phenoxy) is 2. The van der Waals surface area contributed by atoms with Gasteiger partial charge in [-0.3, -0.25) is 14.4 Å². The van der Waals surface area contributed by atoms with Crippen LogP contribution < -0.4 is 9.47 Å². The second kappa shape index (κ2) is 8.30. The van der Waals surface area contributed by atoms with E-state index in [1.54, 1.807) is 35.2 Å². The van der Waals surface area contributed by atoms with Crippen LogP contribution in [0.25, 0.3) is 0 Å². The maximum Gasteiger partial charge on any atom is 0.223 e. The van der Waals surface area contributed by atoms with Crippen molar-refractivity contribution in [1.29, 1.82) is 0 Å². The summed E-state index contributed by atoms with van der Waals surface area (Å²) in [7, 11) is 1.53. The second-order valence-electron chi connectivity index (χ2n) is 7.89. The molecule has 0 radical (unpaired) electrons. The minimum absolute atomic E-state index is 0.0457. The van der Waals surface area contributed by atoms with Crippen molar-refractivity contribution >= 4 is 17.5 Å². The molecule has 2 aromatic rings. The van der Waals surface area contributed by atoms with E-state index >= 15 is 0 Å². The van der Waals surface area contributed by atoms with Gasteiger partial charge in [-0.05, 0) is 24.3 Å². The molecule has 1 amide bonds. The highest BCUT2D eigenvalue weighted by atomic mass is 16.5. The van der Waals surface area contributed by atoms with Gasteiger partial charge in [-0.25, -0.2) is 0 Å². The standard InChI is InChI=1S/C24H25NO5/c1-29-21-8-4-2-6-17(21)19(26)10-11-23(28)25-14-12-24(13-15-25)16-20(27)18-7-3-5-9-22(18)30-24/h2-9H,10-16H2,1H3. The van der Waals surface area contributed by atoms with Crippen molar-refractivity contribution in [3.8, 4) is 11.5 Å². The maximum absolute atomic E-state index is 12.7. The van der Waals surface area contributed by atoms with Crippen molar-refractivity contribution in [3.05, 3.63) is 59.7 Å². The van der Waals surface area contributed by atoms with Crippen molar-refractivity contribution in [3.63, 3.8) is 0 Å². The summed E-state index contributed by atoms with van der Waals surface area (Å²) in [5, 5.41) is 0. The molecule has 0 aliphatic carbocycles. The van der Waals surface area contributed by atoms with Crippen LogP contribution in [0.1, 0.15) is 52.8 Å². The minimum atomic E-state index is -0.532. The molecule has 0 N–H and O–H groups in total. The van der Waals surface area contributed by atoms with Gasteiger partial charge in [-0.1, -0.05) is 24.3 Å². The minimum Gasteiger partial charge on any atom is -0.496 e. The number of benzene rings is 2. The summed E-state index contributed by atoms with van der Waals surface area (Å²) in [6.45, 7) is 1.05. The zero-order chi connectivity index (χ0) is 21.1. The first-order valence-corrected chi connectivity index (χ1v) is 10.3. The summed E-state index contributed by atoms with van der Waals surface area (Å²) in [5.41, 5.74) is 0.602. The third kappa shape index (κ3) is 3.95. The highest BCUT2D eigenvalue weighted by Crippen LogP contribution is 2.39. The van der Waals surface area contributed by atoms with E-state index in [0.29, 0.717) is 55.0 Å². The number of nitrogens with zero attached hydrogens (tertiary/aromatic N) is 1. The number of piperidine rings is 1. The number of carbonyl (C=O) groups excluding carboxylic acids is 3. The molecule has 0 saturated carbocycles. The molecule has 1 saturated heterocycles. The van der Waals surface area contributed by atoms with E-state index in [0.717, 1.165) is 0 Å². The fraction of sp³-hybridized carbons (Fsp3) is 0.375. The summed E-state index contributed by atoms with van der Waals surface area (Å²) in [4.78, 5) is 39.5. The smallest absolute Gasteiger partial charge is 0.223 e. The molecule has 1 fully saturated rings. The average Bonchev–Trinajstić information content (AvgIpc) is 2.77. The molecule has 1 spiro atoms. The Morgan fingerprint density at radius 3 is 2.50 bits per heavy atom. The van der Waals surface area contributed by atoms with Crippen LogP contribution in [-0.2, 0) is 4.79 Å². The molecule has 0 atom stereocenters. The lowest BCUT2D eigenvalue weighted by atomic mass is 9.82. The quantitative estimate of drug-likeness (QED) is 0.707. The molecule has 2 aliphatic rings. The molecule has 2 heterocycles. The predicted octanol–water partition coefficient (Wildman–Crippen LogP) is 3.68. The monoisotopic (exact) mass is 407 g/mol. The Labute approximate surface area is 175 Å². The van der Waals surface area contributed by atoms with Gasteiger partial charge < -0.3 is 14.4 Å². The number of hydrogen-bond donors (Lipinski definition) is 0. The van der Waals surface area contributed by atoms with Gasteiger partial charge in [-0.15, -0.1) is 0 Å². The number of hydrogen-bond acceptors (Lipinski definition) is 5. The highest BCUT2D eigenvalue weighted by Gasteiger charge is 2.43. The number of rotatable bonds is 5.